The predicted octanol–water partition coefficient (Wildman–Crippen LogP) is 3.36. The van der Waals surface area contributed by atoms with Crippen molar-refractivity contribution in [3.63, 3.8) is 0 Å². The van der Waals surface area contributed by atoms with Crippen LogP contribution in [0.15, 0.2) is 0 Å². The van der Waals surface area contributed by atoms with Gasteiger partial charge < -0.3 is 20.9 Å². The smallest absolute Gasteiger partial charge is 0.253 e. The Morgan fingerprint density at radius 2 is 1.10 bits per heavy atom. The van der Waals surface area contributed by atoms with Crippen molar-refractivity contribution in [3.05, 3.63) is 0 Å². The van der Waals surface area contributed by atoms with E-state index in [4.69, 9.17) is 20.9 Å². The summed E-state index contributed by atoms with van der Waals surface area (Å²) in [4.78, 5) is 0. The Labute approximate surface area is 153 Å². The fourth-order valence-electron chi connectivity index (χ4n) is 1.33. The quantitative estimate of drug-likeness (QED) is 0.378. The summed E-state index contributed by atoms with van der Waals surface area (Å²) in [5, 5.41) is 0.313. The molecule has 0 saturated heterocycles. The second-order valence-corrected chi connectivity index (χ2v) is 6.21. The predicted molar refractivity (Wildman–Crippen MR) is 93.6 cm³/mol. The van der Waals surface area contributed by atoms with Gasteiger partial charge in [0.05, 0.1) is 13.2 Å². The van der Waals surface area contributed by atoms with E-state index in [0.717, 1.165) is 24.7 Å². The first kappa shape index (κ1) is 25.9. The standard InChI is InChI=1S/2C7H15NOS.Zn/c2*1-6(2)4-3-5-9-7(8)10;/h2*6H,3-5H2,1-2H3,(H2,8,10);. The van der Waals surface area contributed by atoms with Crippen molar-refractivity contribution in [3.8, 4) is 0 Å². The Hall–Kier alpha value is 0.00338. The Morgan fingerprint density at radius 1 is 0.810 bits per heavy atom. The molecule has 0 saturated carbocycles. The summed E-state index contributed by atoms with van der Waals surface area (Å²) in [6.45, 7) is 10.0. The van der Waals surface area contributed by atoms with E-state index in [1.165, 1.54) is 12.8 Å². The van der Waals surface area contributed by atoms with Crippen LogP contribution in [0.3, 0.4) is 0 Å². The zero-order valence-corrected chi connectivity index (χ0v) is 18.5. The van der Waals surface area contributed by atoms with E-state index >= 15 is 0 Å². The third kappa shape index (κ3) is 33.1. The molecule has 0 aliphatic carbocycles. The van der Waals surface area contributed by atoms with Crippen molar-refractivity contribution < 1.29 is 29.0 Å². The van der Waals surface area contributed by atoms with Crippen molar-refractivity contribution in [2.45, 2.75) is 53.4 Å². The van der Waals surface area contributed by atoms with Crippen molar-refractivity contribution >= 4 is 34.8 Å². The van der Waals surface area contributed by atoms with Gasteiger partial charge in [0.15, 0.2) is 0 Å². The molecule has 0 aliphatic heterocycles. The molecule has 0 aromatic heterocycles. The summed E-state index contributed by atoms with van der Waals surface area (Å²) in [6.07, 6.45) is 4.41. The first-order valence-electron chi connectivity index (χ1n) is 7.10. The average molecular weight is 388 g/mol. The molecule has 0 bridgehead atoms. The molecule has 0 amide bonds. The molecular formula is C14H30N2O2S2Zn. The number of thiocarbonyl (C=S) groups is 2. The molecular weight excluding hydrogens is 358 g/mol. The summed E-state index contributed by atoms with van der Waals surface area (Å²) < 4.78 is 9.80. The second-order valence-electron chi connectivity index (χ2n) is 5.41. The Morgan fingerprint density at radius 3 is 1.29 bits per heavy atom. The summed E-state index contributed by atoms with van der Waals surface area (Å²) in [6, 6.07) is 0. The van der Waals surface area contributed by atoms with Gasteiger partial charge in [-0.05, 0) is 62.0 Å². The largest absolute Gasteiger partial charge is 0.471 e. The summed E-state index contributed by atoms with van der Waals surface area (Å²) >= 11 is 9.06. The molecule has 0 rings (SSSR count). The molecule has 4 nitrogen and oxygen atoms in total. The van der Waals surface area contributed by atoms with Crippen LogP contribution in [-0.4, -0.2) is 23.6 Å². The van der Waals surface area contributed by atoms with E-state index in [9.17, 15) is 0 Å². The normalized spacial score (nSPS) is 9.43. The zero-order valence-electron chi connectivity index (χ0n) is 13.9. The maximum absolute atomic E-state index is 5.12. The van der Waals surface area contributed by atoms with Gasteiger partial charge in [-0.15, -0.1) is 0 Å². The number of rotatable bonds is 8. The van der Waals surface area contributed by atoms with Gasteiger partial charge in [-0.25, -0.2) is 0 Å². The molecule has 0 spiro atoms. The maximum Gasteiger partial charge on any atom is 0.253 e. The van der Waals surface area contributed by atoms with Gasteiger partial charge >= 0.3 is 0 Å². The average Bonchev–Trinajstić information content (AvgIpc) is 2.30. The van der Waals surface area contributed by atoms with Crippen LogP contribution >= 0.6 is 24.4 Å². The molecule has 0 fully saturated rings. The van der Waals surface area contributed by atoms with Gasteiger partial charge in [-0.2, -0.15) is 0 Å². The van der Waals surface area contributed by atoms with Crippen molar-refractivity contribution in [1.82, 2.24) is 0 Å². The molecule has 4 N–H and O–H groups in total. The van der Waals surface area contributed by atoms with Crippen LogP contribution in [0.1, 0.15) is 53.4 Å². The third-order valence-electron chi connectivity index (χ3n) is 2.34. The van der Waals surface area contributed by atoms with E-state index in [2.05, 4.69) is 52.1 Å². The fourth-order valence-corrected chi connectivity index (χ4v) is 1.50. The Kier molecular flexibility index (Phi) is 22.3. The Bertz CT molecular complexity index is 239. The minimum Gasteiger partial charge on any atom is -0.471 e. The van der Waals surface area contributed by atoms with E-state index < -0.39 is 0 Å². The van der Waals surface area contributed by atoms with E-state index in [-0.39, 0.29) is 29.8 Å². The number of hydrogen-bond donors (Lipinski definition) is 2. The fraction of sp³-hybridized carbons (Fsp3) is 0.857. The van der Waals surface area contributed by atoms with Crippen molar-refractivity contribution in [2.75, 3.05) is 13.2 Å². The zero-order chi connectivity index (χ0) is 16.0. The third-order valence-corrected chi connectivity index (χ3v) is 2.58. The van der Waals surface area contributed by atoms with Gasteiger partial charge in [-0.3, -0.25) is 0 Å². The topological polar surface area (TPSA) is 70.5 Å². The molecule has 21 heavy (non-hydrogen) atoms. The van der Waals surface area contributed by atoms with Gasteiger partial charge in [0, 0.05) is 19.5 Å². The molecule has 7 heteroatoms. The number of hydrogen-bond acceptors (Lipinski definition) is 4. The Balaban J connectivity index is -0.000000295. The van der Waals surface area contributed by atoms with E-state index in [1.807, 2.05) is 0 Å². The molecule has 122 valence electrons. The van der Waals surface area contributed by atoms with Gasteiger partial charge in [0.1, 0.15) is 0 Å². The summed E-state index contributed by atoms with van der Waals surface area (Å²) in [7, 11) is 0. The SMILES string of the molecule is CC(C)CCCOC(N)=S.CC(C)CCCOC(N)=S.[Zn]. The summed E-state index contributed by atoms with van der Waals surface area (Å²) in [5.74, 6) is 1.46. The van der Waals surface area contributed by atoms with Crippen LogP contribution in [0.2, 0.25) is 0 Å². The van der Waals surface area contributed by atoms with Crippen LogP contribution < -0.4 is 11.5 Å². The van der Waals surface area contributed by atoms with E-state index in [0.29, 0.717) is 13.2 Å². The summed E-state index contributed by atoms with van der Waals surface area (Å²) in [5.41, 5.74) is 10.2. The van der Waals surface area contributed by atoms with Gasteiger partial charge in [0.25, 0.3) is 10.3 Å². The molecule has 0 radical (unpaired) electrons. The maximum atomic E-state index is 5.12. The minimum atomic E-state index is 0. The van der Waals surface area contributed by atoms with Crippen molar-refractivity contribution in [2.24, 2.45) is 23.3 Å². The second kappa shape index (κ2) is 18.1. The number of nitrogens with two attached hydrogens (primary N) is 2. The first-order chi connectivity index (χ1) is 9.25. The van der Waals surface area contributed by atoms with Crippen LogP contribution in [0.5, 0.6) is 0 Å². The van der Waals surface area contributed by atoms with E-state index in [1.54, 1.807) is 0 Å². The van der Waals surface area contributed by atoms with Gasteiger partial charge in [-0.1, -0.05) is 27.7 Å². The molecule has 0 unspecified atom stereocenters. The molecule has 0 aromatic rings. The first-order valence-corrected chi connectivity index (χ1v) is 7.91. The van der Waals surface area contributed by atoms with Gasteiger partial charge in [0.2, 0.25) is 0 Å². The van der Waals surface area contributed by atoms with Crippen LogP contribution in [0.4, 0.5) is 0 Å². The number of ether oxygens (including phenoxy) is 2. The van der Waals surface area contributed by atoms with Crippen LogP contribution in [-0.2, 0) is 29.0 Å². The molecule has 0 aliphatic rings. The molecule has 0 atom stereocenters. The molecule has 0 heterocycles. The van der Waals surface area contributed by atoms with Crippen LogP contribution in [0, 0.1) is 11.8 Å². The molecule has 0 aromatic carbocycles. The monoisotopic (exact) mass is 386 g/mol. The van der Waals surface area contributed by atoms with Crippen molar-refractivity contribution in [1.29, 1.82) is 0 Å². The van der Waals surface area contributed by atoms with Crippen LogP contribution in [0.25, 0.3) is 0 Å². The minimum absolute atomic E-state index is 0.